The summed E-state index contributed by atoms with van der Waals surface area (Å²) >= 11 is 0. The largest absolute Gasteiger partial charge is 0.497 e. The third kappa shape index (κ3) is 9.00. The second-order valence-corrected chi connectivity index (χ2v) is 14.3. The molecule has 0 unspecified atom stereocenters. The number of hydrogen-bond donors (Lipinski definition) is 1. The van der Waals surface area contributed by atoms with Crippen molar-refractivity contribution in [2.45, 2.75) is 69.0 Å². The van der Waals surface area contributed by atoms with E-state index in [0.29, 0.717) is 11.5 Å². The van der Waals surface area contributed by atoms with Gasteiger partial charge in [0.2, 0.25) is 11.8 Å². The van der Waals surface area contributed by atoms with Crippen LogP contribution in [0.4, 0.5) is 5.69 Å². The number of nitrogens with one attached hydrogen (secondary N) is 1. The number of nitrogens with zero attached hydrogens (tertiary/aromatic N) is 2. The number of amides is 2. The molecule has 1 N–H and O–H groups in total. The van der Waals surface area contributed by atoms with Gasteiger partial charge in [0.25, 0.3) is 10.0 Å². The molecule has 1 fully saturated rings. The normalized spacial score (nSPS) is 14.0. The van der Waals surface area contributed by atoms with Crippen LogP contribution in [0.5, 0.6) is 11.5 Å². The van der Waals surface area contributed by atoms with Crippen molar-refractivity contribution in [2.75, 3.05) is 25.1 Å². The maximum atomic E-state index is 14.8. The Labute approximate surface area is 289 Å². The smallest absolute Gasteiger partial charge is 0.264 e. The first-order chi connectivity index (χ1) is 23.7. The number of ether oxygens (including phenoxy) is 2. The lowest BCUT2D eigenvalue weighted by Gasteiger charge is -2.35. The zero-order valence-electron chi connectivity index (χ0n) is 28.4. The highest BCUT2D eigenvalue weighted by Crippen LogP contribution is 2.34. The van der Waals surface area contributed by atoms with E-state index in [1.807, 2.05) is 67.6 Å². The Hall–Kier alpha value is -4.83. The van der Waals surface area contributed by atoms with Gasteiger partial charge in [0.15, 0.2) is 0 Å². The zero-order valence-corrected chi connectivity index (χ0v) is 29.2. The Morgan fingerprint density at radius 1 is 0.816 bits per heavy atom. The van der Waals surface area contributed by atoms with Crippen molar-refractivity contribution in [1.82, 2.24) is 10.2 Å². The molecule has 10 heteroatoms. The summed E-state index contributed by atoms with van der Waals surface area (Å²) < 4.78 is 40.9. The second-order valence-electron chi connectivity index (χ2n) is 12.4. The number of methoxy groups -OCH3 is 2. The molecule has 5 rings (SSSR count). The molecule has 0 aromatic heterocycles. The van der Waals surface area contributed by atoms with Crippen molar-refractivity contribution in [1.29, 1.82) is 0 Å². The molecule has 4 aromatic carbocycles. The van der Waals surface area contributed by atoms with Crippen LogP contribution in [0, 0.1) is 6.92 Å². The van der Waals surface area contributed by atoms with Crippen LogP contribution in [0.2, 0.25) is 0 Å². The Morgan fingerprint density at radius 3 is 2.16 bits per heavy atom. The standard InChI is InChI=1S/C39H45N3O6S/c1-29-22-23-37(48-3)35(24-29)42(49(45,46)34-20-11-6-12-21-34)28-38(43)41(27-31-16-13-19-33(25-31)47-2)36(26-30-14-7-4-8-15-30)39(44)40-32-17-9-5-10-18-32/h4,6-8,11-16,19-25,32,36H,5,9-10,17-18,26-28H2,1-3H3,(H,40,44)/t36-/m1/s1. The van der Waals surface area contributed by atoms with Crippen molar-refractivity contribution in [3.05, 3.63) is 120 Å². The average Bonchev–Trinajstić information content (AvgIpc) is 3.13. The van der Waals surface area contributed by atoms with Crippen molar-refractivity contribution >= 4 is 27.5 Å². The number of sulfonamides is 1. The van der Waals surface area contributed by atoms with Crippen molar-refractivity contribution in [3.63, 3.8) is 0 Å². The van der Waals surface area contributed by atoms with E-state index < -0.39 is 28.5 Å². The summed E-state index contributed by atoms with van der Waals surface area (Å²) in [4.78, 5) is 30.7. The van der Waals surface area contributed by atoms with E-state index in [0.717, 1.165) is 53.1 Å². The minimum atomic E-state index is -4.26. The van der Waals surface area contributed by atoms with Gasteiger partial charge in [-0.2, -0.15) is 0 Å². The minimum absolute atomic E-state index is 0.0137. The van der Waals surface area contributed by atoms with Crippen LogP contribution >= 0.6 is 0 Å². The van der Waals surface area contributed by atoms with Crippen LogP contribution in [0.1, 0.15) is 48.8 Å². The summed E-state index contributed by atoms with van der Waals surface area (Å²) in [7, 11) is -1.23. The van der Waals surface area contributed by atoms with E-state index in [2.05, 4.69) is 5.32 Å². The van der Waals surface area contributed by atoms with Crippen molar-refractivity contribution in [2.24, 2.45) is 0 Å². The number of benzene rings is 4. The highest BCUT2D eigenvalue weighted by molar-refractivity contribution is 7.92. The number of carbonyl (C=O) groups excluding carboxylic acids is 2. The topological polar surface area (TPSA) is 105 Å². The fraction of sp³-hybridized carbons (Fsp3) is 0.333. The van der Waals surface area contributed by atoms with Gasteiger partial charge in [0.1, 0.15) is 24.1 Å². The second kappa shape index (κ2) is 16.5. The number of rotatable bonds is 14. The number of carbonyl (C=O) groups is 2. The van der Waals surface area contributed by atoms with E-state index in [4.69, 9.17) is 9.47 Å². The van der Waals surface area contributed by atoms with Crippen LogP contribution < -0.4 is 19.1 Å². The Morgan fingerprint density at radius 2 is 1.49 bits per heavy atom. The minimum Gasteiger partial charge on any atom is -0.497 e. The Kier molecular flexibility index (Phi) is 12.0. The molecule has 0 spiro atoms. The summed E-state index contributed by atoms with van der Waals surface area (Å²) in [5.74, 6) is 0.102. The highest BCUT2D eigenvalue weighted by Gasteiger charge is 2.36. The quantitative estimate of drug-likeness (QED) is 0.167. The predicted molar refractivity (Wildman–Crippen MR) is 191 cm³/mol. The molecule has 2 amide bonds. The molecule has 1 aliphatic carbocycles. The van der Waals surface area contributed by atoms with Gasteiger partial charge in [-0.1, -0.05) is 86.0 Å². The lowest BCUT2D eigenvalue weighted by Crippen LogP contribution is -2.55. The van der Waals surface area contributed by atoms with Crippen LogP contribution in [-0.2, 0) is 32.6 Å². The van der Waals surface area contributed by atoms with E-state index in [-0.39, 0.29) is 35.5 Å². The van der Waals surface area contributed by atoms with Crippen molar-refractivity contribution in [3.8, 4) is 11.5 Å². The molecular formula is C39H45N3O6S. The first kappa shape index (κ1) is 35.5. The number of aryl methyl sites for hydroxylation is 1. The molecule has 0 bridgehead atoms. The number of anilines is 1. The highest BCUT2D eigenvalue weighted by atomic mass is 32.2. The van der Waals surface area contributed by atoms with Crippen LogP contribution in [0.25, 0.3) is 0 Å². The van der Waals surface area contributed by atoms with Crippen molar-refractivity contribution < 1.29 is 27.5 Å². The maximum absolute atomic E-state index is 14.8. The molecule has 0 saturated heterocycles. The molecule has 1 saturated carbocycles. The number of hydrogen-bond acceptors (Lipinski definition) is 6. The van der Waals surface area contributed by atoms with Gasteiger partial charge in [-0.05, 0) is 72.9 Å². The van der Waals surface area contributed by atoms with Gasteiger partial charge < -0.3 is 19.7 Å². The Balaban J connectivity index is 1.60. The third-order valence-corrected chi connectivity index (χ3v) is 10.7. The fourth-order valence-corrected chi connectivity index (χ4v) is 7.73. The first-order valence-corrected chi connectivity index (χ1v) is 18.1. The molecule has 49 heavy (non-hydrogen) atoms. The molecule has 1 atom stereocenters. The summed E-state index contributed by atoms with van der Waals surface area (Å²) in [5, 5.41) is 3.24. The molecular weight excluding hydrogens is 639 g/mol. The summed E-state index contributed by atoms with van der Waals surface area (Å²) in [6, 6.07) is 29.2. The van der Waals surface area contributed by atoms with E-state index in [9.17, 15) is 18.0 Å². The molecule has 0 radical (unpaired) electrons. The summed E-state index contributed by atoms with van der Waals surface area (Å²) in [6.07, 6.45) is 5.20. The van der Waals surface area contributed by atoms with Gasteiger partial charge in [0.05, 0.1) is 24.8 Å². The maximum Gasteiger partial charge on any atom is 0.264 e. The van der Waals surface area contributed by atoms with Crippen LogP contribution in [0.3, 0.4) is 0 Å². The zero-order chi connectivity index (χ0) is 34.8. The predicted octanol–water partition coefficient (Wildman–Crippen LogP) is 6.30. The van der Waals surface area contributed by atoms with Gasteiger partial charge in [-0.25, -0.2) is 8.42 Å². The lowest BCUT2D eigenvalue weighted by atomic mass is 9.94. The molecule has 0 heterocycles. The van der Waals surface area contributed by atoms with Gasteiger partial charge in [-0.15, -0.1) is 0 Å². The molecule has 1 aliphatic rings. The molecule has 4 aromatic rings. The monoisotopic (exact) mass is 683 g/mol. The van der Waals surface area contributed by atoms with Crippen LogP contribution in [-0.4, -0.2) is 58.0 Å². The van der Waals surface area contributed by atoms with E-state index >= 15 is 0 Å². The Bertz CT molecular complexity index is 1810. The van der Waals surface area contributed by atoms with E-state index in [1.165, 1.54) is 24.1 Å². The summed E-state index contributed by atoms with van der Waals surface area (Å²) in [5.41, 5.74) is 2.64. The average molecular weight is 684 g/mol. The van der Waals surface area contributed by atoms with Gasteiger partial charge >= 0.3 is 0 Å². The van der Waals surface area contributed by atoms with Gasteiger partial charge in [-0.3, -0.25) is 13.9 Å². The molecule has 258 valence electrons. The third-order valence-electron chi connectivity index (χ3n) is 8.92. The lowest BCUT2D eigenvalue weighted by molar-refractivity contribution is -0.140. The van der Waals surface area contributed by atoms with E-state index in [1.54, 1.807) is 37.4 Å². The molecule has 9 nitrogen and oxygen atoms in total. The fourth-order valence-electron chi connectivity index (χ4n) is 6.29. The van der Waals surface area contributed by atoms with Crippen LogP contribution in [0.15, 0.2) is 108 Å². The summed E-state index contributed by atoms with van der Waals surface area (Å²) in [6.45, 7) is 1.33. The first-order valence-electron chi connectivity index (χ1n) is 16.7. The SMILES string of the molecule is COc1cccc(CN(C(=O)CN(c2cc(C)ccc2OC)S(=O)(=O)c2ccccc2)[C@H](Cc2ccccc2)C(=O)NC2CCCCC2)c1. The molecule has 0 aliphatic heterocycles. The van der Waals surface area contributed by atoms with Gasteiger partial charge in [0, 0.05) is 19.0 Å².